The molecule has 0 radical (unpaired) electrons. The zero-order valence-electron chi connectivity index (χ0n) is 22.1. The summed E-state index contributed by atoms with van der Waals surface area (Å²) < 4.78 is 49.8. The Bertz CT molecular complexity index is 1730. The Morgan fingerprint density at radius 3 is 2.62 bits per heavy atom. The lowest BCUT2D eigenvalue weighted by atomic mass is 9.99. The van der Waals surface area contributed by atoms with Gasteiger partial charge in [0.05, 0.1) is 47.5 Å². The van der Waals surface area contributed by atoms with Crippen LogP contribution in [0.25, 0.3) is 22.2 Å². The van der Waals surface area contributed by atoms with Crippen LogP contribution < -0.4 is 10.5 Å². The molecule has 2 aliphatic rings. The Balaban J connectivity index is 1.49. The molecule has 1 saturated carbocycles. The van der Waals surface area contributed by atoms with Crippen LogP contribution in [-0.4, -0.2) is 43.5 Å². The summed E-state index contributed by atoms with van der Waals surface area (Å²) in [7, 11) is 1.60. The van der Waals surface area contributed by atoms with Crippen molar-refractivity contribution in [2.75, 3.05) is 18.0 Å². The largest absolute Gasteiger partial charge is 0.416 e. The number of nitriles is 1. The molecular formula is C28H26F3N7O2. The minimum atomic E-state index is -4.61. The average molecular weight is 550 g/mol. The molecule has 1 aliphatic carbocycles. The van der Waals surface area contributed by atoms with E-state index in [0.29, 0.717) is 30.8 Å². The van der Waals surface area contributed by atoms with E-state index in [9.17, 15) is 23.2 Å². The van der Waals surface area contributed by atoms with Crippen LogP contribution in [0.3, 0.4) is 0 Å². The maximum absolute atomic E-state index is 13.4. The van der Waals surface area contributed by atoms with Crippen molar-refractivity contribution in [1.29, 1.82) is 5.26 Å². The predicted octanol–water partition coefficient (Wildman–Crippen LogP) is 4.69. The summed E-state index contributed by atoms with van der Waals surface area (Å²) in [5.41, 5.74) is 0.0474. The number of anilines is 1. The van der Waals surface area contributed by atoms with Gasteiger partial charge < -0.3 is 9.64 Å². The molecule has 4 aromatic rings. The highest BCUT2D eigenvalue weighted by Crippen LogP contribution is 2.38. The van der Waals surface area contributed by atoms with Gasteiger partial charge in [0.25, 0.3) is 5.56 Å². The van der Waals surface area contributed by atoms with Gasteiger partial charge in [-0.05, 0) is 44.9 Å². The van der Waals surface area contributed by atoms with E-state index in [-0.39, 0.29) is 45.5 Å². The maximum Gasteiger partial charge on any atom is 0.416 e. The highest BCUT2D eigenvalue weighted by Gasteiger charge is 2.33. The minimum absolute atomic E-state index is 0.172. The van der Waals surface area contributed by atoms with Gasteiger partial charge in [0.1, 0.15) is 29.0 Å². The highest BCUT2D eigenvalue weighted by molar-refractivity contribution is 5.94. The Hall–Kier alpha value is -4.24. The van der Waals surface area contributed by atoms with Crippen molar-refractivity contribution in [3.05, 3.63) is 69.5 Å². The number of morpholine rings is 1. The number of rotatable bonds is 4. The first kappa shape index (κ1) is 26.0. The molecule has 0 N–H and O–H groups in total. The van der Waals surface area contributed by atoms with Gasteiger partial charge in [-0.3, -0.25) is 14.0 Å². The van der Waals surface area contributed by atoms with E-state index in [1.165, 1.54) is 10.6 Å². The van der Waals surface area contributed by atoms with Crippen LogP contribution in [0.5, 0.6) is 0 Å². The predicted molar refractivity (Wildman–Crippen MR) is 141 cm³/mol. The summed E-state index contributed by atoms with van der Waals surface area (Å²) in [6, 6.07) is 6.89. The summed E-state index contributed by atoms with van der Waals surface area (Å²) in [5.74, 6) is 0.857. The molecule has 1 aromatic carbocycles. The third kappa shape index (κ3) is 4.60. The number of nitrogens with zero attached hydrogens (tertiary/aromatic N) is 7. The van der Waals surface area contributed by atoms with E-state index in [1.807, 2.05) is 35.0 Å². The van der Waals surface area contributed by atoms with E-state index >= 15 is 0 Å². The van der Waals surface area contributed by atoms with E-state index in [4.69, 9.17) is 9.72 Å². The second-order valence-corrected chi connectivity index (χ2v) is 10.4. The van der Waals surface area contributed by atoms with Crippen molar-refractivity contribution in [1.82, 2.24) is 24.3 Å². The van der Waals surface area contributed by atoms with Gasteiger partial charge in [0.15, 0.2) is 0 Å². The molecule has 1 saturated heterocycles. The minimum Gasteiger partial charge on any atom is -0.367 e. The summed E-state index contributed by atoms with van der Waals surface area (Å²) >= 11 is 0. The van der Waals surface area contributed by atoms with E-state index in [0.717, 1.165) is 30.5 Å². The Morgan fingerprint density at radius 1 is 1.15 bits per heavy atom. The van der Waals surface area contributed by atoms with Gasteiger partial charge >= 0.3 is 6.18 Å². The molecule has 40 heavy (non-hydrogen) atoms. The van der Waals surface area contributed by atoms with Gasteiger partial charge in [-0.1, -0.05) is 6.07 Å². The number of pyridine rings is 1. The molecular weight excluding hydrogens is 523 g/mol. The number of hydrogen-bond donors (Lipinski definition) is 0. The summed E-state index contributed by atoms with van der Waals surface area (Å²) in [6.07, 6.45) is 0.940. The normalized spacial score (nSPS) is 19.7. The number of hydrogen-bond acceptors (Lipinski definition) is 7. The van der Waals surface area contributed by atoms with Crippen LogP contribution in [0.4, 0.5) is 19.0 Å². The maximum atomic E-state index is 13.4. The van der Waals surface area contributed by atoms with Gasteiger partial charge in [-0.15, -0.1) is 0 Å². The smallest absolute Gasteiger partial charge is 0.367 e. The Morgan fingerprint density at radius 2 is 1.93 bits per heavy atom. The first-order valence-electron chi connectivity index (χ1n) is 13.0. The van der Waals surface area contributed by atoms with Crippen molar-refractivity contribution in [2.45, 2.75) is 51.1 Å². The molecule has 3 aromatic heterocycles. The van der Waals surface area contributed by atoms with Gasteiger partial charge in [-0.25, -0.2) is 9.97 Å². The zero-order valence-corrected chi connectivity index (χ0v) is 22.1. The van der Waals surface area contributed by atoms with E-state index in [2.05, 4.69) is 10.1 Å². The first-order valence-corrected chi connectivity index (χ1v) is 13.0. The molecule has 9 nitrogen and oxygen atoms in total. The lowest BCUT2D eigenvalue weighted by Crippen LogP contribution is -2.43. The van der Waals surface area contributed by atoms with Gasteiger partial charge in [-0.2, -0.15) is 23.5 Å². The van der Waals surface area contributed by atoms with Crippen molar-refractivity contribution in [2.24, 2.45) is 7.05 Å². The summed E-state index contributed by atoms with van der Waals surface area (Å²) in [4.78, 5) is 24.7. The molecule has 2 atom stereocenters. The van der Waals surface area contributed by atoms with Crippen LogP contribution in [0.2, 0.25) is 0 Å². The fourth-order valence-electron chi connectivity index (χ4n) is 5.12. The molecule has 0 unspecified atom stereocenters. The molecule has 206 valence electrons. The number of ether oxygens (including phenoxy) is 1. The van der Waals surface area contributed by atoms with Crippen LogP contribution in [0, 0.1) is 18.3 Å². The number of aromatic nitrogens is 5. The third-order valence-electron chi connectivity index (χ3n) is 7.49. The molecule has 1 aliphatic heterocycles. The monoisotopic (exact) mass is 549 g/mol. The van der Waals surface area contributed by atoms with Crippen LogP contribution in [0.1, 0.15) is 54.4 Å². The number of halogens is 3. The van der Waals surface area contributed by atoms with Crippen molar-refractivity contribution in [3.8, 4) is 17.3 Å². The van der Waals surface area contributed by atoms with Gasteiger partial charge in [0.2, 0.25) is 0 Å². The number of aryl methyl sites for hydroxylation is 1. The summed E-state index contributed by atoms with van der Waals surface area (Å²) in [6.45, 7) is 4.51. The van der Waals surface area contributed by atoms with Crippen LogP contribution in [-0.2, 0) is 18.0 Å². The lowest BCUT2D eigenvalue weighted by Gasteiger charge is -2.37. The average Bonchev–Trinajstić information content (AvgIpc) is 3.66. The zero-order chi connectivity index (χ0) is 28.3. The topological polar surface area (TPSA) is 102 Å². The first-order chi connectivity index (χ1) is 19.0. The lowest BCUT2D eigenvalue weighted by molar-refractivity contribution is -0.137. The quantitative estimate of drug-likeness (QED) is 0.364. The van der Waals surface area contributed by atoms with E-state index < -0.39 is 11.7 Å². The fraction of sp³-hybridized carbons (Fsp3) is 0.393. The molecule has 0 bridgehead atoms. The molecule has 12 heteroatoms. The third-order valence-corrected chi connectivity index (χ3v) is 7.49. The molecule has 6 rings (SSSR count). The van der Waals surface area contributed by atoms with Crippen LogP contribution >= 0.6 is 0 Å². The molecule has 0 amide bonds. The number of benzene rings is 1. The Kier molecular flexibility index (Phi) is 6.14. The Labute approximate surface area is 227 Å². The molecule has 0 spiro atoms. The van der Waals surface area contributed by atoms with Gasteiger partial charge in [0, 0.05) is 30.9 Å². The number of fused-ring (bicyclic) bond motifs is 1. The SMILES string of the molecule is Cc1nc2c(-c3ccc(C(F)(F)F)cc3C#N)nc(N3C[C@@H](C)O[C@@H](c4cnn(C5CC5)c4)C3)cc2c(=O)n1C. The van der Waals surface area contributed by atoms with Crippen LogP contribution in [0.15, 0.2) is 41.5 Å². The standard InChI is InChI=1S/C28H26F3N7O2/c1-15-12-37(14-23(40-15)18-11-33-38(13-18)20-5-6-20)24-9-22-26(34-16(2)36(3)27(22)39)25(35-24)21-7-4-19(28(29,30)31)8-17(21)10-32/h4,7-9,11,13,15,20,23H,5-6,12,14H2,1-3H3/t15-,23-/m1/s1. The molecule has 2 fully saturated rings. The summed E-state index contributed by atoms with van der Waals surface area (Å²) in [5, 5.41) is 14.5. The second kappa shape index (κ2) is 9.45. The van der Waals surface area contributed by atoms with E-state index in [1.54, 1.807) is 20.0 Å². The second-order valence-electron chi connectivity index (χ2n) is 10.4. The fourth-order valence-corrected chi connectivity index (χ4v) is 5.12. The van der Waals surface area contributed by atoms with Crippen molar-refractivity contribution < 1.29 is 17.9 Å². The molecule has 4 heterocycles. The van der Waals surface area contributed by atoms with Crippen molar-refractivity contribution in [3.63, 3.8) is 0 Å². The number of alkyl halides is 3. The van der Waals surface area contributed by atoms with Crippen molar-refractivity contribution >= 4 is 16.7 Å². The highest BCUT2D eigenvalue weighted by atomic mass is 19.4.